The molecule has 0 atom stereocenters. The Morgan fingerprint density at radius 2 is 2.25 bits per heavy atom. The fraction of sp³-hybridized carbons (Fsp3) is 0.500. The number of rotatable bonds is 0. The Balaban J connectivity index is -0.000000163. The minimum Gasteiger partial charge on any atom is -1.00 e. The predicted molar refractivity (Wildman–Crippen MR) is 36.0 cm³/mol. The molecule has 1 nitrogen and oxygen atoms in total. The summed E-state index contributed by atoms with van der Waals surface area (Å²) < 4.78 is 0. The van der Waals surface area contributed by atoms with Crippen molar-refractivity contribution in [2.45, 2.75) is 19.3 Å². The zero-order chi connectivity index (χ0) is 5.11. The van der Waals surface area contributed by atoms with Gasteiger partial charge in [-0.3, -0.25) is 4.79 Å². The van der Waals surface area contributed by atoms with Gasteiger partial charge >= 0.3 is 37.7 Å². The van der Waals surface area contributed by atoms with Crippen LogP contribution in [0.4, 0.5) is 0 Å². The van der Waals surface area contributed by atoms with Crippen LogP contribution in [-0.2, 0) is 4.79 Å². The maximum atomic E-state index is 10.4. The molecule has 1 aliphatic carbocycles. The monoisotopic (exact) mass is 138 g/mol. The molecule has 8 heavy (non-hydrogen) atoms. The van der Waals surface area contributed by atoms with E-state index in [2.05, 4.69) is 6.08 Å². The number of carbonyl (C=O) groups excluding carboxylic acids is 1. The summed E-state index contributed by atoms with van der Waals surface area (Å²) in [6.45, 7) is 0. The van der Waals surface area contributed by atoms with Crippen LogP contribution in [0.5, 0.6) is 0 Å². The summed E-state index contributed by atoms with van der Waals surface area (Å²) in [5.41, 5.74) is 0. The third-order valence-electron chi connectivity index (χ3n) is 1.10. The molecule has 0 aromatic carbocycles. The van der Waals surface area contributed by atoms with E-state index in [1.807, 2.05) is 6.08 Å². The normalized spacial score (nSPS) is 17.8. The molecule has 2 heteroatoms. The van der Waals surface area contributed by atoms with Crippen molar-refractivity contribution in [2.24, 2.45) is 0 Å². The predicted octanol–water partition coefficient (Wildman–Crippen LogP) is 1.14. The Labute approximate surface area is 82.1 Å². The quantitative estimate of drug-likeness (QED) is 0.362. The van der Waals surface area contributed by atoms with E-state index in [1.165, 1.54) is 0 Å². The number of allylic oxidation sites excluding steroid dienone is 2. The molecular formula is C6H10CaO. The van der Waals surface area contributed by atoms with E-state index in [0.29, 0.717) is 12.2 Å². The van der Waals surface area contributed by atoms with Crippen molar-refractivity contribution in [3.8, 4) is 0 Å². The zero-order valence-electron chi connectivity index (χ0n) is 6.89. The Morgan fingerprint density at radius 3 is 2.50 bits per heavy atom. The van der Waals surface area contributed by atoms with Gasteiger partial charge in [0, 0.05) is 12.8 Å². The first-order chi connectivity index (χ1) is 3.39. The summed E-state index contributed by atoms with van der Waals surface area (Å²) in [5.74, 6) is 0.377. The molecule has 0 bridgehead atoms. The molecule has 0 spiro atoms. The van der Waals surface area contributed by atoms with E-state index in [-0.39, 0.29) is 40.6 Å². The molecule has 0 aromatic heterocycles. The van der Waals surface area contributed by atoms with E-state index >= 15 is 0 Å². The minimum absolute atomic E-state index is 0. The molecule has 0 saturated carbocycles. The molecule has 0 unspecified atom stereocenters. The summed E-state index contributed by atoms with van der Waals surface area (Å²) in [4.78, 5) is 10.4. The van der Waals surface area contributed by atoms with E-state index in [1.54, 1.807) is 0 Å². The van der Waals surface area contributed by atoms with Gasteiger partial charge in [0.1, 0.15) is 5.78 Å². The van der Waals surface area contributed by atoms with Crippen LogP contribution >= 0.6 is 0 Å². The van der Waals surface area contributed by atoms with Crippen molar-refractivity contribution in [1.82, 2.24) is 0 Å². The summed E-state index contributed by atoms with van der Waals surface area (Å²) in [6, 6.07) is 0. The maximum Gasteiger partial charge on any atom is 2.00 e. The third kappa shape index (κ3) is 2.85. The van der Waals surface area contributed by atoms with Crippen molar-refractivity contribution >= 4 is 43.5 Å². The molecule has 1 rings (SSSR count). The van der Waals surface area contributed by atoms with Gasteiger partial charge in [-0.2, -0.15) is 0 Å². The van der Waals surface area contributed by atoms with Gasteiger partial charge in [0.2, 0.25) is 0 Å². The van der Waals surface area contributed by atoms with Crippen LogP contribution in [0.15, 0.2) is 12.2 Å². The number of carbonyl (C=O) groups is 1. The fourth-order valence-electron chi connectivity index (χ4n) is 0.679. The van der Waals surface area contributed by atoms with Crippen molar-refractivity contribution in [3.63, 3.8) is 0 Å². The zero-order valence-corrected chi connectivity index (χ0v) is 7.10. The average Bonchev–Trinajstić information content (AvgIpc) is 1.69. The van der Waals surface area contributed by atoms with E-state index in [0.717, 1.165) is 12.8 Å². The smallest absolute Gasteiger partial charge is 1.00 e. The molecule has 0 aromatic rings. The van der Waals surface area contributed by atoms with Gasteiger partial charge in [-0.25, -0.2) is 0 Å². The number of hydrogen-bond donors (Lipinski definition) is 0. The van der Waals surface area contributed by atoms with Gasteiger partial charge in [0.15, 0.2) is 0 Å². The Morgan fingerprint density at radius 1 is 1.50 bits per heavy atom. The van der Waals surface area contributed by atoms with Crippen molar-refractivity contribution in [3.05, 3.63) is 12.2 Å². The molecule has 0 amide bonds. The molecule has 0 fully saturated rings. The molecule has 0 N–H and O–H groups in total. The second-order valence-electron chi connectivity index (χ2n) is 1.75. The number of hydrogen-bond acceptors (Lipinski definition) is 1. The molecule has 42 valence electrons. The van der Waals surface area contributed by atoms with Gasteiger partial charge in [-0.15, -0.1) is 0 Å². The van der Waals surface area contributed by atoms with Crippen LogP contribution in [0.3, 0.4) is 0 Å². The van der Waals surface area contributed by atoms with Crippen LogP contribution in [-0.4, -0.2) is 43.5 Å². The molecular weight excluding hydrogens is 128 g/mol. The van der Waals surface area contributed by atoms with Crippen molar-refractivity contribution < 1.29 is 7.65 Å². The summed E-state index contributed by atoms with van der Waals surface area (Å²) in [6.07, 6.45) is 6.38. The molecule has 0 heterocycles. The molecule has 1 aliphatic rings. The molecule has 0 radical (unpaired) electrons. The van der Waals surface area contributed by atoms with Crippen molar-refractivity contribution in [1.29, 1.82) is 0 Å². The number of ketones is 1. The van der Waals surface area contributed by atoms with E-state index in [4.69, 9.17) is 0 Å². The maximum absolute atomic E-state index is 10.4. The second kappa shape index (κ2) is 4.54. The summed E-state index contributed by atoms with van der Waals surface area (Å²) in [7, 11) is 0. The number of Topliss-reactive ketones (excluding diaryl/α,β-unsaturated/α-hetero) is 1. The van der Waals surface area contributed by atoms with Crippen LogP contribution in [0.25, 0.3) is 0 Å². The van der Waals surface area contributed by atoms with Crippen LogP contribution < -0.4 is 0 Å². The Hall–Kier alpha value is 0.670. The van der Waals surface area contributed by atoms with Gasteiger partial charge in [-0.1, -0.05) is 12.2 Å². The summed E-state index contributed by atoms with van der Waals surface area (Å²) >= 11 is 0. The standard InChI is InChI=1S/C6H8O.Ca.2H/c7-6-4-2-1-3-5-6;;;/h1-2H,3-5H2;;;/q;+2;2*-1. The molecule has 0 saturated heterocycles. The first-order valence-corrected chi connectivity index (χ1v) is 2.56. The van der Waals surface area contributed by atoms with Gasteiger partial charge < -0.3 is 2.85 Å². The Bertz CT molecular complexity index is 114. The van der Waals surface area contributed by atoms with Crippen LogP contribution in [0.2, 0.25) is 0 Å². The van der Waals surface area contributed by atoms with Crippen LogP contribution in [0, 0.1) is 0 Å². The van der Waals surface area contributed by atoms with Crippen molar-refractivity contribution in [2.75, 3.05) is 0 Å². The fourth-order valence-corrected chi connectivity index (χ4v) is 0.679. The minimum atomic E-state index is 0. The average molecular weight is 138 g/mol. The third-order valence-corrected chi connectivity index (χ3v) is 1.10. The largest absolute Gasteiger partial charge is 2.00 e. The molecule has 0 aliphatic heterocycles. The SMILES string of the molecule is O=C1CC=CCC1.[Ca+2].[H-].[H-]. The van der Waals surface area contributed by atoms with E-state index < -0.39 is 0 Å². The van der Waals surface area contributed by atoms with Crippen LogP contribution in [0.1, 0.15) is 22.1 Å². The Kier molecular flexibility index (Phi) is 4.92. The van der Waals surface area contributed by atoms with Gasteiger partial charge in [-0.05, 0) is 6.42 Å². The van der Waals surface area contributed by atoms with E-state index in [9.17, 15) is 4.79 Å². The van der Waals surface area contributed by atoms with Gasteiger partial charge in [0.25, 0.3) is 0 Å². The van der Waals surface area contributed by atoms with Gasteiger partial charge in [0.05, 0.1) is 0 Å². The first-order valence-electron chi connectivity index (χ1n) is 2.56. The second-order valence-corrected chi connectivity index (χ2v) is 1.75. The summed E-state index contributed by atoms with van der Waals surface area (Å²) in [5, 5.41) is 0. The topological polar surface area (TPSA) is 17.1 Å². The first kappa shape index (κ1) is 8.67.